The Hall–Kier alpha value is -3.55. The molecule has 1 N–H and O–H groups in total. The zero-order valence-corrected chi connectivity index (χ0v) is 18.1. The van der Waals surface area contributed by atoms with Crippen LogP contribution in [0.5, 0.6) is 0 Å². The molecule has 0 atom stereocenters. The number of hydrogen-bond donors (Lipinski definition) is 1. The third-order valence-corrected chi connectivity index (χ3v) is 5.79. The predicted octanol–water partition coefficient (Wildman–Crippen LogP) is 3.38. The van der Waals surface area contributed by atoms with Crippen LogP contribution in [0.25, 0.3) is 6.08 Å². The minimum absolute atomic E-state index is 0.0343. The van der Waals surface area contributed by atoms with Gasteiger partial charge in [0.1, 0.15) is 5.82 Å². The highest BCUT2D eigenvalue weighted by Crippen LogP contribution is 2.31. The summed E-state index contributed by atoms with van der Waals surface area (Å²) < 4.78 is 1.84. The first kappa shape index (κ1) is 20.7. The van der Waals surface area contributed by atoms with Gasteiger partial charge in [-0.05, 0) is 44.9 Å². The zero-order chi connectivity index (χ0) is 21.8. The quantitative estimate of drug-likeness (QED) is 0.640. The largest absolute Gasteiger partial charge is 0.339 e. The van der Waals surface area contributed by atoms with Crippen molar-refractivity contribution < 1.29 is 4.79 Å². The van der Waals surface area contributed by atoms with Crippen LogP contribution in [-0.4, -0.2) is 48.6 Å². The summed E-state index contributed by atoms with van der Waals surface area (Å²) in [7, 11) is 1.91. The maximum Gasteiger partial charge on any atom is 0.246 e. The van der Waals surface area contributed by atoms with Crippen LogP contribution in [-0.2, 0) is 11.8 Å². The number of nitrogens with one attached hydrogen (secondary N) is 1. The number of hydrogen-bond acceptors (Lipinski definition) is 6. The van der Waals surface area contributed by atoms with Crippen molar-refractivity contribution in [3.05, 3.63) is 65.5 Å². The highest BCUT2D eigenvalue weighted by atomic mass is 16.2. The molecular weight excluding hydrogens is 390 g/mol. The molecule has 0 spiro atoms. The normalized spacial score (nSPS) is 14.9. The van der Waals surface area contributed by atoms with E-state index < -0.39 is 0 Å². The van der Waals surface area contributed by atoms with Crippen molar-refractivity contribution in [3.63, 3.8) is 0 Å². The van der Waals surface area contributed by atoms with Crippen molar-refractivity contribution in [2.75, 3.05) is 18.4 Å². The number of nitrogens with zero attached hydrogens (tertiary/aromatic N) is 6. The van der Waals surface area contributed by atoms with Gasteiger partial charge in [0.25, 0.3) is 0 Å². The van der Waals surface area contributed by atoms with Crippen molar-refractivity contribution in [3.8, 4) is 0 Å². The van der Waals surface area contributed by atoms with E-state index in [1.165, 1.54) is 0 Å². The fraction of sp³-hybridized carbons (Fsp3) is 0.348. The molecule has 0 aromatic carbocycles. The number of pyridine rings is 1. The van der Waals surface area contributed by atoms with Crippen molar-refractivity contribution >= 4 is 23.6 Å². The topological polar surface area (TPSA) is 88.8 Å². The zero-order valence-electron chi connectivity index (χ0n) is 18.1. The first-order chi connectivity index (χ1) is 15.0. The molecule has 1 amide bonds. The number of aryl methyl sites for hydroxylation is 2. The molecule has 4 rings (SSSR count). The number of likely N-dealkylation sites (tertiary alicyclic amines) is 1. The number of carbonyl (C=O) groups is 1. The Labute approximate surface area is 182 Å². The summed E-state index contributed by atoms with van der Waals surface area (Å²) in [5.74, 6) is 1.75. The highest BCUT2D eigenvalue weighted by molar-refractivity contribution is 5.92. The molecule has 1 aliphatic heterocycles. The lowest BCUT2D eigenvalue weighted by Crippen LogP contribution is -2.37. The molecule has 0 unspecified atom stereocenters. The summed E-state index contributed by atoms with van der Waals surface area (Å²) in [6, 6.07) is 5.70. The molecule has 31 heavy (non-hydrogen) atoms. The molecule has 0 radical (unpaired) electrons. The minimum atomic E-state index is 0.0343. The standard InChI is InChI=1S/C23H27N7O/c1-16-19(17(2)29(3)28-16)7-8-21(31)30-14-9-18(10-15-30)22-23(26-13-12-25-22)27-20-6-4-5-11-24-20/h4-8,11-13,18H,9-10,14-15H2,1-3H3,(H,24,26,27)/b8-7+. The Morgan fingerprint density at radius 2 is 1.87 bits per heavy atom. The van der Waals surface area contributed by atoms with Crippen LogP contribution in [0.15, 0.2) is 42.9 Å². The van der Waals surface area contributed by atoms with Crippen molar-refractivity contribution in [1.82, 2.24) is 29.6 Å². The van der Waals surface area contributed by atoms with E-state index in [0.717, 1.165) is 47.1 Å². The van der Waals surface area contributed by atoms with E-state index in [1.807, 2.05) is 54.8 Å². The lowest BCUT2D eigenvalue weighted by Gasteiger charge is -2.31. The summed E-state index contributed by atoms with van der Waals surface area (Å²) >= 11 is 0. The number of aromatic nitrogens is 5. The van der Waals surface area contributed by atoms with E-state index in [2.05, 4.69) is 25.4 Å². The number of anilines is 2. The van der Waals surface area contributed by atoms with E-state index in [1.54, 1.807) is 24.7 Å². The van der Waals surface area contributed by atoms with Gasteiger partial charge in [0, 0.05) is 62.0 Å². The fourth-order valence-electron chi connectivity index (χ4n) is 3.97. The smallest absolute Gasteiger partial charge is 0.246 e. The van der Waals surface area contributed by atoms with Gasteiger partial charge in [-0.3, -0.25) is 14.5 Å². The molecule has 1 aliphatic rings. The lowest BCUT2D eigenvalue weighted by atomic mass is 9.93. The van der Waals surface area contributed by atoms with Crippen LogP contribution in [0, 0.1) is 13.8 Å². The Bertz CT molecular complexity index is 1080. The summed E-state index contributed by atoms with van der Waals surface area (Å²) in [6.07, 6.45) is 10.4. The molecule has 1 fully saturated rings. The third kappa shape index (κ3) is 4.63. The summed E-state index contributed by atoms with van der Waals surface area (Å²) in [6.45, 7) is 5.35. The second-order valence-electron chi connectivity index (χ2n) is 7.77. The monoisotopic (exact) mass is 417 g/mol. The average molecular weight is 418 g/mol. The first-order valence-electron chi connectivity index (χ1n) is 10.5. The van der Waals surface area contributed by atoms with Gasteiger partial charge in [0.15, 0.2) is 5.82 Å². The molecule has 3 aromatic rings. The van der Waals surface area contributed by atoms with Crippen molar-refractivity contribution in [1.29, 1.82) is 0 Å². The molecule has 0 bridgehead atoms. The molecule has 8 nitrogen and oxygen atoms in total. The first-order valence-corrected chi connectivity index (χ1v) is 10.5. The average Bonchev–Trinajstić information content (AvgIpc) is 3.04. The van der Waals surface area contributed by atoms with Gasteiger partial charge < -0.3 is 10.2 Å². The second-order valence-corrected chi connectivity index (χ2v) is 7.77. The van der Waals surface area contributed by atoms with Gasteiger partial charge >= 0.3 is 0 Å². The van der Waals surface area contributed by atoms with E-state index in [0.29, 0.717) is 13.1 Å². The molecular formula is C23H27N7O. The Morgan fingerprint density at radius 1 is 1.10 bits per heavy atom. The SMILES string of the molecule is Cc1nn(C)c(C)c1/C=C/C(=O)N1CCC(c2nccnc2Nc2ccccn2)CC1. The number of piperidine rings is 1. The molecule has 4 heterocycles. The molecule has 8 heteroatoms. The van der Waals surface area contributed by atoms with E-state index in [-0.39, 0.29) is 11.8 Å². The Kier molecular flexibility index (Phi) is 6.06. The molecule has 0 aliphatic carbocycles. The van der Waals surface area contributed by atoms with Crippen LogP contribution in [0.1, 0.15) is 41.4 Å². The van der Waals surface area contributed by atoms with Gasteiger partial charge in [-0.15, -0.1) is 0 Å². The van der Waals surface area contributed by atoms with Crippen molar-refractivity contribution in [2.45, 2.75) is 32.6 Å². The maximum absolute atomic E-state index is 12.7. The van der Waals surface area contributed by atoms with Crippen LogP contribution >= 0.6 is 0 Å². The van der Waals surface area contributed by atoms with Crippen LogP contribution in [0.2, 0.25) is 0 Å². The van der Waals surface area contributed by atoms with Gasteiger partial charge in [-0.2, -0.15) is 5.10 Å². The van der Waals surface area contributed by atoms with Gasteiger partial charge in [0.05, 0.1) is 11.4 Å². The maximum atomic E-state index is 12.7. The minimum Gasteiger partial charge on any atom is -0.339 e. The summed E-state index contributed by atoms with van der Waals surface area (Å²) in [5, 5.41) is 7.67. The number of rotatable bonds is 5. The predicted molar refractivity (Wildman–Crippen MR) is 120 cm³/mol. The highest BCUT2D eigenvalue weighted by Gasteiger charge is 2.26. The van der Waals surface area contributed by atoms with Gasteiger partial charge in [-0.1, -0.05) is 6.07 Å². The fourth-order valence-corrected chi connectivity index (χ4v) is 3.97. The van der Waals surface area contributed by atoms with Crippen LogP contribution < -0.4 is 5.32 Å². The lowest BCUT2D eigenvalue weighted by molar-refractivity contribution is -0.126. The number of amides is 1. The van der Waals surface area contributed by atoms with E-state index in [9.17, 15) is 4.79 Å². The summed E-state index contributed by atoms with van der Waals surface area (Å²) in [5.41, 5.74) is 3.92. The molecule has 160 valence electrons. The third-order valence-electron chi connectivity index (χ3n) is 5.79. The van der Waals surface area contributed by atoms with E-state index in [4.69, 9.17) is 0 Å². The Morgan fingerprint density at radius 3 is 2.55 bits per heavy atom. The van der Waals surface area contributed by atoms with E-state index >= 15 is 0 Å². The summed E-state index contributed by atoms with van der Waals surface area (Å²) in [4.78, 5) is 28.0. The Balaban J connectivity index is 1.40. The van der Waals surface area contributed by atoms with Crippen LogP contribution in [0.3, 0.4) is 0 Å². The van der Waals surface area contributed by atoms with Gasteiger partial charge in [-0.25, -0.2) is 9.97 Å². The van der Waals surface area contributed by atoms with Crippen molar-refractivity contribution in [2.24, 2.45) is 7.05 Å². The second kappa shape index (κ2) is 9.07. The molecule has 3 aromatic heterocycles. The van der Waals surface area contributed by atoms with Gasteiger partial charge in [0.2, 0.25) is 5.91 Å². The molecule has 1 saturated heterocycles. The molecule has 0 saturated carbocycles. The number of carbonyl (C=O) groups excluding carboxylic acids is 1. The van der Waals surface area contributed by atoms with Crippen LogP contribution in [0.4, 0.5) is 11.6 Å².